The van der Waals surface area contributed by atoms with Gasteiger partial charge in [-0.15, -0.1) is 10.2 Å². The largest absolute Gasteiger partial charge is 0.392 e. The molecule has 4 aromatic carbocycles. The number of aliphatic hydroxyl groups is 1. The number of carbonyl (C=O) groups excluding carboxylic acids is 1. The first-order chi connectivity index (χ1) is 23.0. The molecule has 6 rings (SSSR count). The first-order valence-corrected chi connectivity index (χ1v) is 17.4. The molecule has 8 nitrogen and oxygen atoms in total. The number of aliphatic hydroxyl groups excluding tert-OH is 1. The lowest BCUT2D eigenvalue weighted by molar-refractivity contribution is -0.268. The van der Waals surface area contributed by atoms with Gasteiger partial charge in [-0.1, -0.05) is 133 Å². The quantitative estimate of drug-likeness (QED) is 0.125. The summed E-state index contributed by atoms with van der Waals surface area (Å²) >= 11 is 3.25. The molecule has 10 heteroatoms. The standard InChI is InChI=1S/C37H38N4O4S2/c1-24-33(23-46-37-41-40-25(2)47-37)44-35(45-34(24)29-14-12-27(22-42)13-15-29)30-18-16-28(17-19-30)32-11-7-6-10-31(32)21-39-36(43)38-20-26-8-4-3-5-9-26/h3-19,24,33-35,42H,20-23H2,1-2H3,(H2,38,39,43)/t24-,33+,34+,35+/m0/s1. The number of hydrogen-bond acceptors (Lipinski definition) is 8. The zero-order valence-electron chi connectivity index (χ0n) is 26.3. The van der Waals surface area contributed by atoms with Crippen molar-refractivity contribution < 1.29 is 19.4 Å². The number of nitrogens with one attached hydrogen (secondary N) is 2. The van der Waals surface area contributed by atoms with Gasteiger partial charge in [0.25, 0.3) is 0 Å². The minimum Gasteiger partial charge on any atom is -0.392 e. The fourth-order valence-electron chi connectivity index (χ4n) is 5.59. The molecule has 2 amide bonds. The molecule has 2 heterocycles. The Kier molecular flexibility index (Phi) is 11.0. The maximum Gasteiger partial charge on any atom is 0.315 e. The van der Waals surface area contributed by atoms with Crippen molar-refractivity contribution >= 4 is 29.1 Å². The van der Waals surface area contributed by atoms with Gasteiger partial charge in [0, 0.05) is 30.3 Å². The van der Waals surface area contributed by atoms with Gasteiger partial charge in [0.15, 0.2) is 10.6 Å². The number of carbonyl (C=O) groups is 1. The fraction of sp³-hybridized carbons (Fsp3) is 0.270. The van der Waals surface area contributed by atoms with E-state index >= 15 is 0 Å². The fourth-order valence-corrected chi connectivity index (χ4v) is 7.60. The number of thioether (sulfide) groups is 1. The van der Waals surface area contributed by atoms with E-state index in [2.05, 4.69) is 58.1 Å². The molecular formula is C37H38N4O4S2. The van der Waals surface area contributed by atoms with Crippen molar-refractivity contribution in [3.05, 3.63) is 136 Å². The van der Waals surface area contributed by atoms with Crippen LogP contribution in [0.5, 0.6) is 0 Å². The van der Waals surface area contributed by atoms with Crippen molar-refractivity contribution in [3.8, 4) is 11.1 Å². The molecule has 0 aliphatic carbocycles. The summed E-state index contributed by atoms with van der Waals surface area (Å²) in [5.41, 5.74) is 6.99. The molecule has 5 aromatic rings. The third-order valence-corrected chi connectivity index (χ3v) is 10.3. The molecule has 1 aliphatic heterocycles. The summed E-state index contributed by atoms with van der Waals surface area (Å²) in [4.78, 5) is 12.5. The van der Waals surface area contributed by atoms with Gasteiger partial charge in [-0.05, 0) is 40.3 Å². The van der Waals surface area contributed by atoms with Gasteiger partial charge in [0.1, 0.15) is 5.01 Å². The Bertz CT molecular complexity index is 1750. The van der Waals surface area contributed by atoms with Crippen LogP contribution in [0.4, 0.5) is 4.79 Å². The number of rotatable bonds is 11. The highest BCUT2D eigenvalue weighted by Crippen LogP contribution is 2.43. The highest BCUT2D eigenvalue weighted by atomic mass is 32.2. The van der Waals surface area contributed by atoms with Gasteiger partial charge in [0.05, 0.1) is 18.8 Å². The monoisotopic (exact) mass is 666 g/mol. The number of urea groups is 1. The van der Waals surface area contributed by atoms with E-state index in [-0.39, 0.29) is 30.8 Å². The Hall–Kier alpha value is -4.06. The molecule has 0 radical (unpaired) electrons. The zero-order chi connectivity index (χ0) is 32.6. The topological polar surface area (TPSA) is 106 Å². The number of hydrogen-bond donors (Lipinski definition) is 3. The molecule has 0 spiro atoms. The van der Waals surface area contributed by atoms with E-state index in [1.807, 2.05) is 79.7 Å². The van der Waals surface area contributed by atoms with Crippen molar-refractivity contribution in [2.45, 2.75) is 56.4 Å². The molecule has 4 atom stereocenters. The summed E-state index contributed by atoms with van der Waals surface area (Å²) in [7, 11) is 0. The smallest absolute Gasteiger partial charge is 0.315 e. The van der Waals surface area contributed by atoms with Crippen molar-refractivity contribution in [1.29, 1.82) is 0 Å². The van der Waals surface area contributed by atoms with Gasteiger partial charge in [-0.2, -0.15) is 0 Å². The van der Waals surface area contributed by atoms with E-state index in [0.29, 0.717) is 13.1 Å². The predicted octanol–water partition coefficient (Wildman–Crippen LogP) is 7.59. The number of amides is 2. The normalized spacial score (nSPS) is 19.3. The third kappa shape index (κ3) is 8.46. The second-order valence-corrected chi connectivity index (χ2v) is 14.0. The maximum absolute atomic E-state index is 12.5. The summed E-state index contributed by atoms with van der Waals surface area (Å²) < 4.78 is 14.2. The average molecular weight is 667 g/mol. The van der Waals surface area contributed by atoms with Crippen molar-refractivity contribution in [1.82, 2.24) is 20.8 Å². The maximum atomic E-state index is 12.5. The third-order valence-electron chi connectivity index (χ3n) is 8.25. The molecular weight excluding hydrogens is 629 g/mol. The highest BCUT2D eigenvalue weighted by molar-refractivity contribution is 8.01. The lowest BCUT2D eigenvalue weighted by Crippen LogP contribution is -2.38. The van der Waals surface area contributed by atoms with Crippen molar-refractivity contribution in [2.75, 3.05) is 5.75 Å². The molecule has 0 saturated carbocycles. The summed E-state index contributed by atoms with van der Waals surface area (Å²) in [5.74, 6) is 0.800. The van der Waals surface area contributed by atoms with Gasteiger partial charge >= 0.3 is 6.03 Å². The van der Waals surface area contributed by atoms with Gasteiger partial charge in [-0.25, -0.2) is 4.79 Å². The Morgan fingerprint density at radius 2 is 1.53 bits per heavy atom. The number of aromatic nitrogens is 2. The van der Waals surface area contributed by atoms with Crippen LogP contribution in [0.1, 0.15) is 52.1 Å². The molecule has 0 bridgehead atoms. The lowest BCUT2D eigenvalue weighted by Gasteiger charge is -2.41. The SMILES string of the molecule is Cc1nnc(SC[C@H]2O[C@@H](c3ccc(-c4ccccc4CNC(=O)NCc4ccccc4)cc3)O[C@@H](c3ccc(CO)cc3)[C@H]2C)s1. The Morgan fingerprint density at radius 1 is 0.830 bits per heavy atom. The average Bonchev–Trinajstić information content (AvgIpc) is 3.54. The molecule has 1 aromatic heterocycles. The second-order valence-electron chi connectivity index (χ2n) is 11.5. The number of ether oxygens (including phenoxy) is 2. The second kappa shape index (κ2) is 15.7. The molecule has 1 aliphatic rings. The summed E-state index contributed by atoms with van der Waals surface area (Å²) in [5, 5.41) is 24.9. The van der Waals surface area contributed by atoms with Gasteiger partial charge in [-0.3, -0.25) is 0 Å². The summed E-state index contributed by atoms with van der Waals surface area (Å²) in [6.07, 6.45) is -0.845. The molecule has 3 N–H and O–H groups in total. The van der Waals surface area contributed by atoms with E-state index in [9.17, 15) is 9.90 Å². The van der Waals surface area contributed by atoms with Crippen LogP contribution in [0.25, 0.3) is 11.1 Å². The van der Waals surface area contributed by atoms with Crippen LogP contribution in [0.3, 0.4) is 0 Å². The summed E-state index contributed by atoms with van der Waals surface area (Å²) in [6.45, 7) is 4.99. The lowest BCUT2D eigenvalue weighted by atomic mass is 9.91. The first-order valence-electron chi connectivity index (χ1n) is 15.6. The van der Waals surface area contributed by atoms with E-state index in [1.54, 1.807) is 23.1 Å². The van der Waals surface area contributed by atoms with Crippen LogP contribution in [-0.4, -0.2) is 33.2 Å². The van der Waals surface area contributed by atoms with Crippen LogP contribution >= 0.6 is 23.1 Å². The minimum absolute atomic E-state index is 0.000615. The van der Waals surface area contributed by atoms with Crippen molar-refractivity contribution in [3.63, 3.8) is 0 Å². The first kappa shape index (κ1) is 32.9. The zero-order valence-corrected chi connectivity index (χ0v) is 28.0. The Balaban J connectivity index is 1.16. The Morgan fingerprint density at radius 3 is 2.26 bits per heavy atom. The Labute approximate surface area is 283 Å². The number of nitrogens with zero attached hydrogens (tertiary/aromatic N) is 2. The molecule has 242 valence electrons. The molecule has 1 fully saturated rings. The van der Waals surface area contributed by atoms with E-state index in [4.69, 9.17) is 9.47 Å². The van der Waals surface area contributed by atoms with Crippen molar-refractivity contribution in [2.24, 2.45) is 5.92 Å². The molecule has 47 heavy (non-hydrogen) atoms. The van der Waals surface area contributed by atoms with E-state index in [0.717, 1.165) is 54.0 Å². The van der Waals surface area contributed by atoms with E-state index in [1.165, 1.54) is 0 Å². The summed E-state index contributed by atoms with van der Waals surface area (Å²) in [6, 6.07) is 33.9. The van der Waals surface area contributed by atoms with Gasteiger partial charge < -0.3 is 25.2 Å². The number of aryl methyl sites for hydroxylation is 1. The molecule has 0 unspecified atom stereocenters. The van der Waals surface area contributed by atoms with Crippen LogP contribution in [0.2, 0.25) is 0 Å². The van der Waals surface area contributed by atoms with Crippen LogP contribution in [-0.2, 0) is 29.2 Å². The highest BCUT2D eigenvalue weighted by Gasteiger charge is 2.38. The van der Waals surface area contributed by atoms with Crippen LogP contribution in [0.15, 0.2) is 107 Å². The number of benzene rings is 4. The molecule has 1 saturated heterocycles. The van der Waals surface area contributed by atoms with Crippen LogP contribution in [0, 0.1) is 12.8 Å². The van der Waals surface area contributed by atoms with E-state index < -0.39 is 6.29 Å². The van der Waals surface area contributed by atoms with Gasteiger partial charge in [0.2, 0.25) is 0 Å². The van der Waals surface area contributed by atoms with Crippen LogP contribution < -0.4 is 10.6 Å². The predicted molar refractivity (Wildman–Crippen MR) is 186 cm³/mol. The minimum atomic E-state index is -0.560.